The van der Waals surface area contributed by atoms with Gasteiger partial charge >= 0.3 is 0 Å². The molecule has 0 atom stereocenters. The SMILES string of the molecule is CCCc1c(Cl)nc(CCOCC)nc1Cl. The molecule has 0 aliphatic rings. The summed E-state index contributed by atoms with van der Waals surface area (Å²) < 4.78 is 5.23. The third-order valence-corrected chi connectivity index (χ3v) is 2.75. The van der Waals surface area contributed by atoms with Crippen LogP contribution in [0.15, 0.2) is 0 Å². The number of ether oxygens (including phenoxy) is 1. The molecule has 3 nitrogen and oxygen atoms in total. The third kappa shape index (κ3) is 3.89. The van der Waals surface area contributed by atoms with Gasteiger partial charge in [-0.1, -0.05) is 36.5 Å². The van der Waals surface area contributed by atoms with Crippen molar-refractivity contribution in [3.8, 4) is 0 Å². The molecule has 0 unspecified atom stereocenters. The van der Waals surface area contributed by atoms with E-state index in [9.17, 15) is 0 Å². The minimum absolute atomic E-state index is 0.466. The molecule has 90 valence electrons. The fourth-order valence-corrected chi connectivity index (χ4v) is 1.96. The quantitative estimate of drug-likeness (QED) is 0.583. The van der Waals surface area contributed by atoms with Crippen molar-refractivity contribution in [1.29, 1.82) is 0 Å². The monoisotopic (exact) mass is 262 g/mol. The largest absolute Gasteiger partial charge is 0.381 e. The summed E-state index contributed by atoms with van der Waals surface area (Å²) in [4.78, 5) is 8.43. The van der Waals surface area contributed by atoms with E-state index < -0.39 is 0 Å². The maximum Gasteiger partial charge on any atom is 0.137 e. The molecule has 1 aromatic rings. The van der Waals surface area contributed by atoms with Gasteiger partial charge in [0, 0.05) is 18.6 Å². The molecule has 0 bridgehead atoms. The van der Waals surface area contributed by atoms with Gasteiger partial charge in [-0.15, -0.1) is 0 Å². The first-order chi connectivity index (χ1) is 7.69. The molecule has 0 radical (unpaired) electrons. The van der Waals surface area contributed by atoms with Crippen LogP contribution in [0.1, 0.15) is 31.7 Å². The first kappa shape index (κ1) is 13.7. The van der Waals surface area contributed by atoms with E-state index in [2.05, 4.69) is 16.9 Å². The van der Waals surface area contributed by atoms with E-state index in [0.717, 1.165) is 18.4 Å². The number of halogens is 2. The first-order valence-electron chi connectivity index (χ1n) is 5.47. The van der Waals surface area contributed by atoms with Crippen molar-refractivity contribution in [2.45, 2.75) is 33.1 Å². The predicted octanol–water partition coefficient (Wildman–Crippen LogP) is 3.31. The van der Waals surface area contributed by atoms with Crippen LogP contribution in [0.3, 0.4) is 0 Å². The topological polar surface area (TPSA) is 35.0 Å². The zero-order chi connectivity index (χ0) is 12.0. The third-order valence-electron chi connectivity index (χ3n) is 2.13. The van der Waals surface area contributed by atoms with Gasteiger partial charge in [0.25, 0.3) is 0 Å². The van der Waals surface area contributed by atoms with Crippen LogP contribution in [-0.4, -0.2) is 23.2 Å². The van der Waals surface area contributed by atoms with Gasteiger partial charge in [0.05, 0.1) is 6.61 Å². The summed E-state index contributed by atoms with van der Waals surface area (Å²) in [5.74, 6) is 0.642. The number of hydrogen-bond donors (Lipinski definition) is 0. The number of aromatic nitrogens is 2. The molecular formula is C11H16Cl2N2O. The van der Waals surface area contributed by atoms with Crippen molar-refractivity contribution in [2.75, 3.05) is 13.2 Å². The van der Waals surface area contributed by atoms with Crippen LogP contribution < -0.4 is 0 Å². The van der Waals surface area contributed by atoms with Gasteiger partial charge in [-0.05, 0) is 13.3 Å². The summed E-state index contributed by atoms with van der Waals surface area (Å²) in [6, 6.07) is 0. The average molecular weight is 263 g/mol. The molecule has 0 aromatic carbocycles. The smallest absolute Gasteiger partial charge is 0.137 e. The van der Waals surface area contributed by atoms with Crippen LogP contribution in [0.5, 0.6) is 0 Å². The number of nitrogens with zero attached hydrogens (tertiary/aromatic N) is 2. The van der Waals surface area contributed by atoms with Gasteiger partial charge < -0.3 is 4.74 Å². The minimum atomic E-state index is 0.466. The Kier molecular flexibility index (Phi) is 6.03. The molecular weight excluding hydrogens is 247 g/mol. The zero-order valence-corrected chi connectivity index (χ0v) is 11.1. The summed E-state index contributed by atoms with van der Waals surface area (Å²) in [6.07, 6.45) is 2.42. The van der Waals surface area contributed by atoms with Crippen molar-refractivity contribution in [2.24, 2.45) is 0 Å². The number of hydrogen-bond acceptors (Lipinski definition) is 3. The molecule has 0 saturated carbocycles. The Hall–Kier alpha value is -0.380. The summed E-state index contributed by atoms with van der Waals surface area (Å²) in [7, 11) is 0. The molecule has 1 heterocycles. The van der Waals surface area contributed by atoms with E-state index in [1.807, 2.05) is 6.92 Å². The molecule has 0 spiro atoms. The Labute approximate surface area is 106 Å². The lowest BCUT2D eigenvalue weighted by molar-refractivity contribution is 0.149. The highest BCUT2D eigenvalue weighted by Gasteiger charge is 2.10. The van der Waals surface area contributed by atoms with E-state index >= 15 is 0 Å². The molecule has 0 aliphatic carbocycles. The first-order valence-corrected chi connectivity index (χ1v) is 6.23. The number of rotatable bonds is 6. The second-order valence-corrected chi connectivity index (χ2v) is 4.11. The summed E-state index contributed by atoms with van der Waals surface area (Å²) in [5, 5.41) is 0.932. The fraction of sp³-hybridized carbons (Fsp3) is 0.636. The summed E-state index contributed by atoms with van der Waals surface area (Å²) in [6.45, 7) is 5.30. The van der Waals surface area contributed by atoms with E-state index in [1.165, 1.54) is 0 Å². The average Bonchev–Trinajstić information content (AvgIpc) is 2.24. The molecule has 0 fully saturated rings. The molecule has 5 heteroatoms. The standard InChI is InChI=1S/C11H16Cl2N2O/c1-3-5-8-10(12)14-9(15-11(8)13)6-7-16-4-2/h3-7H2,1-2H3. The lowest BCUT2D eigenvalue weighted by atomic mass is 10.2. The van der Waals surface area contributed by atoms with Crippen LogP contribution in [0, 0.1) is 0 Å². The van der Waals surface area contributed by atoms with Gasteiger partial charge in [-0.3, -0.25) is 0 Å². The normalized spacial score (nSPS) is 10.8. The second-order valence-electron chi connectivity index (χ2n) is 3.40. The Morgan fingerprint density at radius 1 is 1.06 bits per heavy atom. The van der Waals surface area contributed by atoms with Crippen LogP contribution >= 0.6 is 23.2 Å². The zero-order valence-electron chi connectivity index (χ0n) is 9.59. The van der Waals surface area contributed by atoms with Crippen molar-refractivity contribution >= 4 is 23.2 Å². The molecule has 1 rings (SSSR count). The van der Waals surface area contributed by atoms with Crippen molar-refractivity contribution in [3.63, 3.8) is 0 Å². The Morgan fingerprint density at radius 2 is 1.69 bits per heavy atom. The van der Waals surface area contributed by atoms with E-state index in [4.69, 9.17) is 27.9 Å². The molecule has 0 saturated heterocycles. The predicted molar refractivity (Wildman–Crippen MR) is 66.2 cm³/mol. The van der Waals surface area contributed by atoms with Crippen LogP contribution in [0.25, 0.3) is 0 Å². The Morgan fingerprint density at radius 3 is 2.19 bits per heavy atom. The van der Waals surface area contributed by atoms with Crippen LogP contribution in [-0.2, 0) is 17.6 Å². The lowest BCUT2D eigenvalue weighted by Gasteiger charge is -2.07. The Bertz CT molecular complexity index is 322. The van der Waals surface area contributed by atoms with Gasteiger partial charge in [0.15, 0.2) is 0 Å². The van der Waals surface area contributed by atoms with Gasteiger partial charge in [-0.2, -0.15) is 0 Å². The van der Waals surface area contributed by atoms with E-state index in [-0.39, 0.29) is 0 Å². The van der Waals surface area contributed by atoms with Crippen molar-refractivity contribution in [3.05, 3.63) is 21.7 Å². The molecule has 1 aromatic heterocycles. The highest BCUT2D eigenvalue weighted by Crippen LogP contribution is 2.22. The van der Waals surface area contributed by atoms with E-state index in [0.29, 0.717) is 35.8 Å². The second kappa shape index (κ2) is 7.05. The van der Waals surface area contributed by atoms with E-state index in [1.54, 1.807) is 0 Å². The van der Waals surface area contributed by atoms with Gasteiger partial charge in [0.1, 0.15) is 16.1 Å². The highest BCUT2D eigenvalue weighted by molar-refractivity contribution is 6.34. The summed E-state index contributed by atoms with van der Waals surface area (Å²) in [5.41, 5.74) is 0.839. The Balaban J connectivity index is 2.75. The maximum absolute atomic E-state index is 6.05. The fourth-order valence-electron chi connectivity index (χ4n) is 1.35. The molecule has 0 aliphatic heterocycles. The molecule has 16 heavy (non-hydrogen) atoms. The van der Waals surface area contributed by atoms with Crippen LogP contribution in [0.4, 0.5) is 0 Å². The maximum atomic E-state index is 6.05. The van der Waals surface area contributed by atoms with Gasteiger partial charge in [-0.25, -0.2) is 9.97 Å². The molecule has 0 N–H and O–H groups in total. The minimum Gasteiger partial charge on any atom is -0.381 e. The lowest BCUT2D eigenvalue weighted by Crippen LogP contribution is -2.05. The van der Waals surface area contributed by atoms with Crippen molar-refractivity contribution < 1.29 is 4.74 Å². The summed E-state index contributed by atoms with van der Waals surface area (Å²) >= 11 is 12.1. The molecule has 0 amide bonds. The van der Waals surface area contributed by atoms with Crippen LogP contribution in [0.2, 0.25) is 10.3 Å². The highest BCUT2D eigenvalue weighted by atomic mass is 35.5. The van der Waals surface area contributed by atoms with Crippen molar-refractivity contribution in [1.82, 2.24) is 9.97 Å². The van der Waals surface area contributed by atoms with Gasteiger partial charge in [0.2, 0.25) is 0 Å².